The van der Waals surface area contributed by atoms with E-state index < -0.39 is 0 Å². The Morgan fingerprint density at radius 3 is 1.90 bits per heavy atom. The molecule has 0 fully saturated rings. The standard InChI is InChI=1S/C21H22N4O3S/c1-13(20(26)22-2)29-21-23-18(14-5-9-16(27-3)10-6-14)19(24-25-21)15-7-11-17(28-4)12-8-15/h5-13H,1-4H3,(H,22,26). The number of thioether (sulfide) groups is 1. The first-order valence-corrected chi connectivity index (χ1v) is 9.85. The van der Waals surface area contributed by atoms with Crippen LogP contribution in [0, 0.1) is 0 Å². The van der Waals surface area contributed by atoms with Gasteiger partial charge < -0.3 is 14.8 Å². The highest BCUT2D eigenvalue weighted by Crippen LogP contribution is 2.32. The van der Waals surface area contributed by atoms with Gasteiger partial charge in [0.2, 0.25) is 11.1 Å². The van der Waals surface area contributed by atoms with Gasteiger partial charge in [0.05, 0.1) is 19.5 Å². The third-order valence-corrected chi connectivity index (χ3v) is 5.24. The maximum atomic E-state index is 11.9. The number of nitrogens with one attached hydrogen (secondary N) is 1. The monoisotopic (exact) mass is 410 g/mol. The van der Waals surface area contributed by atoms with Crippen molar-refractivity contribution >= 4 is 17.7 Å². The normalized spacial score (nSPS) is 11.6. The van der Waals surface area contributed by atoms with Crippen LogP contribution in [0.25, 0.3) is 22.5 Å². The lowest BCUT2D eigenvalue weighted by Gasteiger charge is -2.12. The summed E-state index contributed by atoms with van der Waals surface area (Å²) < 4.78 is 10.5. The molecule has 3 rings (SSSR count). The lowest BCUT2D eigenvalue weighted by Crippen LogP contribution is -2.27. The molecule has 8 heteroatoms. The molecule has 0 saturated heterocycles. The molecule has 1 aromatic heterocycles. The van der Waals surface area contributed by atoms with Gasteiger partial charge in [0.1, 0.15) is 22.9 Å². The average Bonchev–Trinajstić information content (AvgIpc) is 2.78. The largest absolute Gasteiger partial charge is 0.497 e. The van der Waals surface area contributed by atoms with Crippen LogP contribution in [0.3, 0.4) is 0 Å². The number of methoxy groups -OCH3 is 2. The second-order valence-electron chi connectivity index (χ2n) is 6.12. The van der Waals surface area contributed by atoms with Gasteiger partial charge in [0, 0.05) is 18.2 Å². The van der Waals surface area contributed by atoms with Gasteiger partial charge in [-0.25, -0.2) is 4.98 Å². The van der Waals surface area contributed by atoms with Gasteiger partial charge in [-0.2, -0.15) is 0 Å². The number of hydrogen-bond donors (Lipinski definition) is 1. The minimum Gasteiger partial charge on any atom is -0.497 e. The van der Waals surface area contributed by atoms with Crippen LogP contribution in [-0.2, 0) is 4.79 Å². The molecule has 1 atom stereocenters. The molecule has 0 aliphatic carbocycles. The molecule has 3 aromatic rings. The Balaban J connectivity index is 2.05. The van der Waals surface area contributed by atoms with Crippen LogP contribution in [0.1, 0.15) is 6.92 Å². The van der Waals surface area contributed by atoms with E-state index >= 15 is 0 Å². The zero-order chi connectivity index (χ0) is 20.8. The first-order valence-electron chi connectivity index (χ1n) is 8.97. The summed E-state index contributed by atoms with van der Waals surface area (Å²) in [6, 6.07) is 15.1. The van der Waals surface area contributed by atoms with Crippen LogP contribution >= 0.6 is 11.8 Å². The molecule has 7 nitrogen and oxygen atoms in total. The molecule has 150 valence electrons. The second kappa shape index (κ2) is 9.38. The molecule has 0 saturated carbocycles. The van der Waals surface area contributed by atoms with Gasteiger partial charge in [-0.3, -0.25) is 4.79 Å². The van der Waals surface area contributed by atoms with Crippen molar-refractivity contribution < 1.29 is 14.3 Å². The summed E-state index contributed by atoms with van der Waals surface area (Å²) in [5.74, 6) is 1.42. The Bertz CT molecular complexity index is 978. The summed E-state index contributed by atoms with van der Waals surface area (Å²) in [4.78, 5) is 16.6. The number of rotatable bonds is 7. The van der Waals surface area contributed by atoms with Crippen molar-refractivity contribution in [1.29, 1.82) is 0 Å². The van der Waals surface area contributed by atoms with Crippen molar-refractivity contribution in [2.45, 2.75) is 17.3 Å². The Morgan fingerprint density at radius 2 is 1.41 bits per heavy atom. The van der Waals surface area contributed by atoms with E-state index in [1.54, 1.807) is 28.2 Å². The van der Waals surface area contributed by atoms with Crippen molar-refractivity contribution in [2.75, 3.05) is 21.3 Å². The molecule has 29 heavy (non-hydrogen) atoms. The van der Waals surface area contributed by atoms with Crippen molar-refractivity contribution in [3.63, 3.8) is 0 Å². The predicted octanol–water partition coefficient (Wildman–Crippen LogP) is 3.45. The summed E-state index contributed by atoms with van der Waals surface area (Å²) in [5.41, 5.74) is 3.07. The van der Waals surface area contributed by atoms with E-state index in [0.717, 1.165) is 22.6 Å². The van der Waals surface area contributed by atoms with Gasteiger partial charge >= 0.3 is 0 Å². The topological polar surface area (TPSA) is 86.2 Å². The summed E-state index contributed by atoms with van der Waals surface area (Å²) in [6.07, 6.45) is 0. The third kappa shape index (κ3) is 4.83. The number of nitrogens with zero attached hydrogens (tertiary/aromatic N) is 3. The Morgan fingerprint density at radius 1 is 0.897 bits per heavy atom. The highest BCUT2D eigenvalue weighted by molar-refractivity contribution is 8.00. The average molecular weight is 410 g/mol. The van der Waals surface area contributed by atoms with Crippen molar-refractivity contribution in [3.05, 3.63) is 48.5 Å². The van der Waals surface area contributed by atoms with Crippen molar-refractivity contribution in [3.8, 4) is 34.0 Å². The van der Waals surface area contributed by atoms with Crippen LogP contribution in [0.5, 0.6) is 11.5 Å². The quantitative estimate of drug-likeness (QED) is 0.597. The predicted molar refractivity (Wildman–Crippen MR) is 113 cm³/mol. The molecule has 0 aliphatic rings. The smallest absolute Gasteiger partial charge is 0.233 e. The van der Waals surface area contributed by atoms with Gasteiger partial charge in [-0.1, -0.05) is 11.8 Å². The van der Waals surface area contributed by atoms with Crippen molar-refractivity contribution in [2.24, 2.45) is 0 Å². The lowest BCUT2D eigenvalue weighted by atomic mass is 10.0. The molecule has 1 amide bonds. The highest BCUT2D eigenvalue weighted by Gasteiger charge is 2.18. The Labute approximate surface area is 173 Å². The van der Waals surface area contributed by atoms with E-state index in [1.807, 2.05) is 48.5 Å². The number of aromatic nitrogens is 3. The van der Waals surface area contributed by atoms with Crippen LogP contribution in [0.15, 0.2) is 53.7 Å². The molecule has 0 radical (unpaired) electrons. The number of carbonyl (C=O) groups excluding carboxylic acids is 1. The minimum atomic E-state index is -0.336. The highest BCUT2D eigenvalue weighted by atomic mass is 32.2. The van der Waals surface area contributed by atoms with E-state index in [1.165, 1.54) is 11.8 Å². The lowest BCUT2D eigenvalue weighted by molar-refractivity contribution is -0.119. The van der Waals surface area contributed by atoms with Crippen molar-refractivity contribution in [1.82, 2.24) is 20.5 Å². The Hall–Kier alpha value is -3.13. The minimum absolute atomic E-state index is 0.0937. The van der Waals surface area contributed by atoms with Gasteiger partial charge in [0.25, 0.3) is 0 Å². The second-order valence-corrected chi connectivity index (χ2v) is 7.43. The van der Waals surface area contributed by atoms with E-state index in [4.69, 9.17) is 14.5 Å². The third-order valence-electron chi connectivity index (χ3n) is 4.29. The molecule has 0 aliphatic heterocycles. The number of amides is 1. The van der Waals surface area contributed by atoms with E-state index in [9.17, 15) is 4.79 Å². The molecule has 1 unspecified atom stereocenters. The molecular formula is C21H22N4O3S. The molecule has 1 heterocycles. The van der Waals surface area contributed by atoms with Gasteiger partial charge in [-0.15, -0.1) is 10.2 Å². The van der Waals surface area contributed by atoms with E-state index in [2.05, 4.69) is 15.5 Å². The maximum absolute atomic E-state index is 11.9. The fourth-order valence-electron chi connectivity index (χ4n) is 2.67. The summed E-state index contributed by atoms with van der Waals surface area (Å²) in [5, 5.41) is 11.4. The molecule has 2 aromatic carbocycles. The first-order chi connectivity index (χ1) is 14.0. The Kier molecular flexibility index (Phi) is 6.66. The van der Waals surface area contributed by atoms with Gasteiger partial charge in [-0.05, 0) is 55.5 Å². The number of hydrogen-bond acceptors (Lipinski definition) is 7. The van der Waals surface area contributed by atoms with Crippen LogP contribution in [0.2, 0.25) is 0 Å². The summed E-state index contributed by atoms with van der Waals surface area (Å²) in [6.45, 7) is 1.80. The van der Waals surface area contributed by atoms with E-state index in [-0.39, 0.29) is 11.2 Å². The van der Waals surface area contributed by atoms with Gasteiger partial charge in [0.15, 0.2) is 0 Å². The fourth-order valence-corrected chi connectivity index (χ4v) is 3.44. The summed E-state index contributed by atoms with van der Waals surface area (Å²) in [7, 11) is 4.85. The zero-order valence-corrected chi connectivity index (χ0v) is 17.5. The number of ether oxygens (including phenoxy) is 2. The summed E-state index contributed by atoms with van der Waals surface area (Å²) >= 11 is 1.26. The molecule has 1 N–H and O–H groups in total. The van der Waals surface area contributed by atoms with E-state index in [0.29, 0.717) is 16.5 Å². The molecule has 0 bridgehead atoms. The van der Waals surface area contributed by atoms with Crippen LogP contribution in [0.4, 0.5) is 0 Å². The maximum Gasteiger partial charge on any atom is 0.233 e. The number of benzene rings is 2. The van der Waals surface area contributed by atoms with Crippen LogP contribution in [-0.4, -0.2) is 47.6 Å². The SMILES string of the molecule is CNC(=O)C(C)Sc1nnc(-c2ccc(OC)cc2)c(-c2ccc(OC)cc2)n1. The zero-order valence-electron chi connectivity index (χ0n) is 16.7. The molecular weight excluding hydrogens is 388 g/mol. The van der Waals surface area contributed by atoms with Crippen LogP contribution < -0.4 is 14.8 Å². The first kappa shape index (κ1) is 20.6. The molecule has 0 spiro atoms. The number of carbonyl (C=O) groups is 1. The fraction of sp³-hybridized carbons (Fsp3) is 0.238.